The second kappa shape index (κ2) is 5.13. The molecule has 0 saturated heterocycles. The summed E-state index contributed by atoms with van der Waals surface area (Å²) in [6.07, 6.45) is 0. The van der Waals surface area contributed by atoms with Crippen molar-refractivity contribution in [3.05, 3.63) is 51.3 Å². The smallest absolute Gasteiger partial charge is 0.252 e. The van der Waals surface area contributed by atoms with E-state index in [1.165, 1.54) is 11.3 Å². The van der Waals surface area contributed by atoms with E-state index in [1.54, 1.807) is 24.3 Å². The number of pyridine rings is 1. The number of aromatic hydroxyl groups is 1. The number of hydrogen-bond acceptors (Lipinski definition) is 5. The number of nitrogens with zero attached hydrogens (tertiary/aromatic N) is 1. The first-order valence-electron chi connectivity index (χ1n) is 5.90. The third-order valence-electron chi connectivity index (χ3n) is 2.85. The van der Waals surface area contributed by atoms with E-state index in [9.17, 15) is 15.2 Å². The van der Waals surface area contributed by atoms with Gasteiger partial charge in [-0.15, -0.1) is 11.3 Å². The van der Waals surface area contributed by atoms with Gasteiger partial charge < -0.3 is 15.4 Å². The predicted molar refractivity (Wildman–Crippen MR) is 83.6 cm³/mol. The van der Waals surface area contributed by atoms with Gasteiger partial charge in [-0.05, 0) is 18.2 Å². The van der Waals surface area contributed by atoms with E-state index in [4.69, 9.17) is 11.6 Å². The number of nitriles is 1. The lowest BCUT2D eigenvalue weighted by Gasteiger charge is -2.04. The summed E-state index contributed by atoms with van der Waals surface area (Å²) in [5.74, 6) is -0.144. The maximum atomic E-state index is 11.4. The third-order valence-corrected chi connectivity index (χ3v) is 4.21. The van der Waals surface area contributed by atoms with Gasteiger partial charge in [-0.2, -0.15) is 5.26 Å². The maximum absolute atomic E-state index is 11.4. The highest BCUT2D eigenvalue weighted by atomic mass is 35.5. The van der Waals surface area contributed by atoms with Crippen LogP contribution in [-0.4, -0.2) is 10.1 Å². The number of fused-ring (bicyclic) bond motifs is 1. The number of thiophene rings is 1. The fourth-order valence-corrected chi connectivity index (χ4v) is 3.20. The lowest BCUT2D eigenvalue weighted by molar-refractivity contribution is 0.481. The molecule has 0 aliphatic carbocycles. The van der Waals surface area contributed by atoms with Crippen molar-refractivity contribution in [2.75, 3.05) is 5.32 Å². The maximum Gasteiger partial charge on any atom is 0.252 e. The monoisotopic (exact) mass is 317 g/mol. The van der Waals surface area contributed by atoms with Crippen LogP contribution in [0.3, 0.4) is 0 Å². The highest BCUT2D eigenvalue weighted by Gasteiger charge is 2.16. The number of aromatic amines is 1. The molecular formula is C14H8ClN3O2S. The van der Waals surface area contributed by atoms with E-state index in [0.717, 1.165) is 6.07 Å². The van der Waals surface area contributed by atoms with E-state index in [-0.39, 0.29) is 11.3 Å². The number of halogens is 1. The molecule has 0 aliphatic heterocycles. The summed E-state index contributed by atoms with van der Waals surface area (Å²) in [6.45, 7) is 0. The lowest BCUT2D eigenvalue weighted by atomic mass is 10.2. The largest absolute Gasteiger partial charge is 0.506 e. The third kappa shape index (κ3) is 2.44. The summed E-state index contributed by atoms with van der Waals surface area (Å²) in [6, 6.07) is 10.2. The summed E-state index contributed by atoms with van der Waals surface area (Å²) < 4.78 is 0.454. The lowest BCUT2D eigenvalue weighted by Crippen LogP contribution is -2.02. The van der Waals surface area contributed by atoms with Crippen LogP contribution >= 0.6 is 22.9 Å². The van der Waals surface area contributed by atoms with Crippen molar-refractivity contribution in [1.82, 2.24) is 4.98 Å². The molecule has 0 radical (unpaired) electrons. The minimum absolute atomic E-state index is 0.144. The molecule has 21 heavy (non-hydrogen) atoms. The predicted octanol–water partition coefficient (Wildman–Crippen LogP) is 3.56. The highest BCUT2D eigenvalue weighted by Crippen LogP contribution is 2.39. The van der Waals surface area contributed by atoms with E-state index >= 15 is 0 Å². The van der Waals surface area contributed by atoms with Crippen LogP contribution in [0.15, 0.2) is 35.1 Å². The Labute approximate surface area is 128 Å². The molecule has 0 aliphatic rings. The molecular weight excluding hydrogens is 310 g/mol. The van der Waals surface area contributed by atoms with Crippen molar-refractivity contribution in [2.24, 2.45) is 0 Å². The molecule has 0 spiro atoms. The standard InChI is InChI=1S/C14H8ClN3O2S/c15-7-2-1-3-8(4-7)17-14-9(6-16)12-13(21-14)10(19)5-11(20)18-12/h1-5,17H,(H2,18,19,20). The van der Waals surface area contributed by atoms with E-state index in [2.05, 4.69) is 10.3 Å². The molecule has 0 amide bonds. The molecule has 3 rings (SSSR count). The Morgan fingerprint density at radius 2 is 2.19 bits per heavy atom. The molecule has 2 aromatic heterocycles. The van der Waals surface area contributed by atoms with Gasteiger partial charge in [0.05, 0.1) is 10.2 Å². The number of anilines is 2. The Morgan fingerprint density at radius 1 is 1.38 bits per heavy atom. The van der Waals surface area contributed by atoms with Crippen molar-refractivity contribution < 1.29 is 5.11 Å². The first-order chi connectivity index (χ1) is 10.1. The molecule has 3 aromatic rings. The van der Waals surface area contributed by atoms with Gasteiger partial charge in [0.2, 0.25) is 0 Å². The van der Waals surface area contributed by atoms with Gasteiger partial charge in [0.1, 0.15) is 22.4 Å². The topological polar surface area (TPSA) is 88.9 Å². The van der Waals surface area contributed by atoms with Gasteiger partial charge in [0.15, 0.2) is 0 Å². The van der Waals surface area contributed by atoms with Crippen LogP contribution < -0.4 is 10.9 Å². The van der Waals surface area contributed by atoms with Crippen LogP contribution in [0.4, 0.5) is 10.7 Å². The van der Waals surface area contributed by atoms with Crippen LogP contribution in [0.25, 0.3) is 10.2 Å². The second-order valence-corrected chi connectivity index (χ2v) is 5.73. The van der Waals surface area contributed by atoms with E-state index in [1.807, 2.05) is 6.07 Å². The van der Waals surface area contributed by atoms with Gasteiger partial charge in [0.25, 0.3) is 5.56 Å². The van der Waals surface area contributed by atoms with Crippen LogP contribution in [0, 0.1) is 11.3 Å². The number of H-pyrrole nitrogens is 1. The Morgan fingerprint density at radius 3 is 2.90 bits per heavy atom. The average molecular weight is 318 g/mol. The fourth-order valence-electron chi connectivity index (χ4n) is 1.97. The number of nitrogens with one attached hydrogen (secondary N) is 2. The van der Waals surface area contributed by atoms with E-state index < -0.39 is 5.56 Å². The van der Waals surface area contributed by atoms with Crippen molar-refractivity contribution >= 4 is 43.8 Å². The molecule has 0 fully saturated rings. The molecule has 0 bridgehead atoms. The molecule has 1 aromatic carbocycles. The van der Waals surface area contributed by atoms with Gasteiger partial charge in [-0.25, -0.2) is 0 Å². The molecule has 2 heterocycles. The molecule has 0 atom stereocenters. The second-order valence-electron chi connectivity index (χ2n) is 4.28. The van der Waals surface area contributed by atoms with Crippen molar-refractivity contribution in [2.45, 2.75) is 0 Å². The zero-order chi connectivity index (χ0) is 15.0. The summed E-state index contributed by atoms with van der Waals surface area (Å²) in [5.41, 5.74) is 0.871. The summed E-state index contributed by atoms with van der Waals surface area (Å²) in [4.78, 5) is 14.0. The molecule has 3 N–H and O–H groups in total. The van der Waals surface area contributed by atoms with E-state index in [0.29, 0.717) is 25.9 Å². The summed E-state index contributed by atoms with van der Waals surface area (Å²) in [7, 11) is 0. The first kappa shape index (κ1) is 13.5. The summed E-state index contributed by atoms with van der Waals surface area (Å²) in [5, 5.41) is 23.3. The molecule has 5 nitrogen and oxygen atoms in total. The number of hydrogen-bond donors (Lipinski definition) is 3. The molecule has 0 unspecified atom stereocenters. The zero-order valence-electron chi connectivity index (χ0n) is 10.5. The number of rotatable bonds is 2. The Hall–Kier alpha value is -2.49. The molecule has 0 saturated carbocycles. The van der Waals surface area contributed by atoms with Gasteiger partial charge in [-0.3, -0.25) is 4.79 Å². The van der Waals surface area contributed by atoms with Gasteiger partial charge >= 0.3 is 0 Å². The summed E-state index contributed by atoms with van der Waals surface area (Å²) >= 11 is 7.11. The zero-order valence-corrected chi connectivity index (χ0v) is 12.0. The average Bonchev–Trinajstić information content (AvgIpc) is 2.76. The minimum atomic E-state index is -0.455. The quantitative estimate of drug-likeness (QED) is 0.674. The van der Waals surface area contributed by atoms with Crippen LogP contribution in [-0.2, 0) is 0 Å². The minimum Gasteiger partial charge on any atom is -0.506 e. The van der Waals surface area contributed by atoms with Crippen molar-refractivity contribution in [3.8, 4) is 11.8 Å². The fraction of sp³-hybridized carbons (Fsp3) is 0. The highest BCUT2D eigenvalue weighted by molar-refractivity contribution is 7.23. The van der Waals surface area contributed by atoms with Gasteiger partial charge in [-0.1, -0.05) is 17.7 Å². The molecule has 7 heteroatoms. The number of benzene rings is 1. The van der Waals surface area contributed by atoms with Gasteiger partial charge in [0, 0.05) is 16.8 Å². The normalized spacial score (nSPS) is 10.5. The first-order valence-corrected chi connectivity index (χ1v) is 7.09. The Kier molecular flexibility index (Phi) is 3.29. The van der Waals surface area contributed by atoms with Crippen molar-refractivity contribution in [1.29, 1.82) is 5.26 Å². The van der Waals surface area contributed by atoms with Crippen LogP contribution in [0.1, 0.15) is 5.56 Å². The van der Waals surface area contributed by atoms with Crippen LogP contribution in [0.5, 0.6) is 5.75 Å². The Bertz CT molecular complexity index is 940. The molecule has 104 valence electrons. The number of aromatic nitrogens is 1. The van der Waals surface area contributed by atoms with Crippen molar-refractivity contribution in [3.63, 3.8) is 0 Å². The van der Waals surface area contributed by atoms with Crippen LogP contribution in [0.2, 0.25) is 5.02 Å². The SMILES string of the molecule is N#Cc1c(Nc2cccc(Cl)c2)sc2c(O)cc(=O)[nH]c12. The Balaban J connectivity index is 2.17.